The molecule has 68 valence electrons. The van der Waals surface area contributed by atoms with Crippen molar-refractivity contribution < 1.29 is 0 Å². The molecule has 1 aliphatic heterocycles. The van der Waals surface area contributed by atoms with E-state index in [1.165, 1.54) is 0 Å². The van der Waals surface area contributed by atoms with E-state index in [1.54, 1.807) is 0 Å². The number of hydrogen-bond acceptors (Lipinski definition) is 3. The molecule has 0 radical (unpaired) electrons. The Bertz CT molecular complexity index is 369. The smallest absolute Gasteiger partial charge is 0.173 e. The molecule has 13 heavy (non-hydrogen) atoms. The van der Waals surface area contributed by atoms with Gasteiger partial charge in [0.1, 0.15) is 0 Å². The summed E-state index contributed by atoms with van der Waals surface area (Å²) in [7, 11) is 0. The Morgan fingerprint density at radius 2 is 1.92 bits per heavy atom. The van der Waals surface area contributed by atoms with Crippen LogP contribution in [0, 0.1) is 19.8 Å². The summed E-state index contributed by atoms with van der Waals surface area (Å²) in [6.45, 7) is 6.10. The average Bonchev–Trinajstić information content (AvgIpc) is 2.08. The maximum absolute atomic E-state index is 4.49. The summed E-state index contributed by atoms with van der Waals surface area (Å²) in [4.78, 5) is 13.2. The molecule has 3 nitrogen and oxygen atoms in total. The molecule has 3 heteroatoms. The number of fused-ring (bicyclic) bond motifs is 1. The molecule has 0 aliphatic carbocycles. The topological polar surface area (TPSA) is 38.1 Å². The SMILES string of the molecule is Cc1nc2c(nc1C)N=CC(C)C2. The first-order valence-corrected chi connectivity index (χ1v) is 4.55. The lowest BCUT2D eigenvalue weighted by Gasteiger charge is -2.14. The van der Waals surface area contributed by atoms with Crippen LogP contribution in [0.3, 0.4) is 0 Å². The summed E-state index contributed by atoms with van der Waals surface area (Å²) in [5.41, 5.74) is 3.03. The first kappa shape index (κ1) is 8.35. The maximum atomic E-state index is 4.49. The Hall–Kier alpha value is -1.25. The van der Waals surface area contributed by atoms with Crippen LogP contribution in [-0.4, -0.2) is 16.2 Å². The lowest BCUT2D eigenvalue weighted by molar-refractivity contribution is 0.734. The second-order valence-electron chi connectivity index (χ2n) is 3.62. The molecule has 0 saturated heterocycles. The molecule has 2 heterocycles. The summed E-state index contributed by atoms with van der Waals surface area (Å²) in [5, 5.41) is 0. The number of hydrogen-bond donors (Lipinski definition) is 0. The molecule has 0 aromatic carbocycles. The van der Waals surface area contributed by atoms with Crippen molar-refractivity contribution in [1.29, 1.82) is 0 Å². The van der Waals surface area contributed by atoms with Crippen molar-refractivity contribution in [3.05, 3.63) is 17.1 Å². The van der Waals surface area contributed by atoms with Crippen molar-refractivity contribution >= 4 is 12.0 Å². The first-order valence-electron chi connectivity index (χ1n) is 4.55. The lowest BCUT2D eigenvalue weighted by Crippen LogP contribution is -2.10. The minimum atomic E-state index is 0.490. The van der Waals surface area contributed by atoms with Crippen LogP contribution in [0.2, 0.25) is 0 Å². The van der Waals surface area contributed by atoms with E-state index in [0.717, 1.165) is 29.3 Å². The van der Waals surface area contributed by atoms with E-state index >= 15 is 0 Å². The minimum absolute atomic E-state index is 0.490. The molecule has 1 unspecified atom stereocenters. The van der Waals surface area contributed by atoms with Crippen molar-refractivity contribution in [3.63, 3.8) is 0 Å². The van der Waals surface area contributed by atoms with Crippen LogP contribution in [-0.2, 0) is 6.42 Å². The highest BCUT2D eigenvalue weighted by Gasteiger charge is 2.14. The third-order valence-electron chi connectivity index (χ3n) is 2.32. The van der Waals surface area contributed by atoms with Gasteiger partial charge in [0, 0.05) is 12.6 Å². The molecule has 0 bridgehead atoms. The fourth-order valence-corrected chi connectivity index (χ4v) is 1.43. The van der Waals surface area contributed by atoms with Gasteiger partial charge >= 0.3 is 0 Å². The van der Waals surface area contributed by atoms with Crippen molar-refractivity contribution in [2.24, 2.45) is 10.9 Å². The zero-order valence-electron chi connectivity index (χ0n) is 8.20. The summed E-state index contributed by atoms with van der Waals surface area (Å²) in [6, 6.07) is 0. The van der Waals surface area contributed by atoms with E-state index in [2.05, 4.69) is 21.9 Å². The molecule has 1 aromatic rings. The van der Waals surface area contributed by atoms with Crippen LogP contribution >= 0.6 is 0 Å². The van der Waals surface area contributed by atoms with Gasteiger partial charge in [0.15, 0.2) is 5.82 Å². The molecule has 2 rings (SSSR count). The molecule has 1 aliphatic rings. The molecular weight excluding hydrogens is 162 g/mol. The highest BCUT2D eigenvalue weighted by atomic mass is 15.0. The van der Waals surface area contributed by atoms with E-state index < -0.39 is 0 Å². The molecule has 0 fully saturated rings. The molecule has 0 N–H and O–H groups in total. The zero-order chi connectivity index (χ0) is 9.42. The van der Waals surface area contributed by atoms with E-state index in [1.807, 2.05) is 20.1 Å². The van der Waals surface area contributed by atoms with Gasteiger partial charge < -0.3 is 0 Å². The van der Waals surface area contributed by atoms with Crippen LogP contribution < -0.4 is 0 Å². The molecule has 1 aromatic heterocycles. The summed E-state index contributed by atoms with van der Waals surface area (Å²) >= 11 is 0. The fraction of sp³-hybridized carbons (Fsp3) is 0.500. The Kier molecular flexibility index (Phi) is 1.87. The highest BCUT2D eigenvalue weighted by Crippen LogP contribution is 2.22. The van der Waals surface area contributed by atoms with E-state index in [-0.39, 0.29) is 0 Å². The number of aryl methyl sites for hydroxylation is 2. The van der Waals surface area contributed by atoms with Crippen molar-refractivity contribution in [2.45, 2.75) is 27.2 Å². The Balaban J connectivity index is 2.52. The van der Waals surface area contributed by atoms with E-state index in [4.69, 9.17) is 0 Å². The van der Waals surface area contributed by atoms with Gasteiger partial charge in [-0.1, -0.05) is 6.92 Å². The van der Waals surface area contributed by atoms with Crippen LogP contribution in [0.25, 0.3) is 0 Å². The number of aromatic nitrogens is 2. The highest BCUT2D eigenvalue weighted by molar-refractivity contribution is 5.68. The monoisotopic (exact) mass is 175 g/mol. The average molecular weight is 175 g/mol. The van der Waals surface area contributed by atoms with Gasteiger partial charge in [0.25, 0.3) is 0 Å². The summed E-state index contributed by atoms with van der Waals surface area (Å²) in [5.74, 6) is 1.30. The predicted molar refractivity (Wildman–Crippen MR) is 52.5 cm³/mol. The lowest BCUT2D eigenvalue weighted by atomic mass is 10.0. The normalized spacial score (nSPS) is 20.1. The van der Waals surface area contributed by atoms with Crippen LogP contribution in [0.4, 0.5) is 5.82 Å². The first-order chi connectivity index (χ1) is 6.16. The van der Waals surface area contributed by atoms with Gasteiger partial charge in [-0.15, -0.1) is 0 Å². The zero-order valence-corrected chi connectivity index (χ0v) is 8.20. The number of rotatable bonds is 0. The second kappa shape index (κ2) is 2.91. The van der Waals surface area contributed by atoms with E-state index in [0.29, 0.717) is 5.92 Å². The second-order valence-corrected chi connectivity index (χ2v) is 3.62. The Labute approximate surface area is 77.9 Å². The third kappa shape index (κ3) is 1.46. The third-order valence-corrected chi connectivity index (χ3v) is 2.32. The van der Waals surface area contributed by atoms with Gasteiger partial charge in [-0.05, 0) is 19.8 Å². The largest absolute Gasteiger partial charge is 0.252 e. The molecule has 0 saturated carbocycles. The Morgan fingerprint density at radius 3 is 2.69 bits per heavy atom. The van der Waals surface area contributed by atoms with Gasteiger partial charge in [-0.25, -0.2) is 9.98 Å². The van der Waals surface area contributed by atoms with Crippen molar-refractivity contribution in [3.8, 4) is 0 Å². The molecule has 1 atom stereocenters. The molecular formula is C10H13N3. The maximum Gasteiger partial charge on any atom is 0.173 e. The van der Waals surface area contributed by atoms with Crippen LogP contribution in [0.1, 0.15) is 24.0 Å². The van der Waals surface area contributed by atoms with Crippen molar-refractivity contribution in [1.82, 2.24) is 9.97 Å². The number of aliphatic imine (C=N–C) groups is 1. The standard InChI is InChI=1S/C10H13N3/c1-6-4-9-10(11-5-6)13-8(3)7(2)12-9/h5-6H,4H2,1-3H3. The van der Waals surface area contributed by atoms with Gasteiger partial charge in [-0.3, -0.25) is 4.98 Å². The van der Waals surface area contributed by atoms with Gasteiger partial charge in [0.05, 0.1) is 17.1 Å². The van der Waals surface area contributed by atoms with Crippen LogP contribution in [0.5, 0.6) is 0 Å². The predicted octanol–water partition coefficient (Wildman–Crippen LogP) is 1.99. The van der Waals surface area contributed by atoms with E-state index in [9.17, 15) is 0 Å². The number of nitrogens with zero attached hydrogens (tertiary/aromatic N) is 3. The van der Waals surface area contributed by atoms with Gasteiger partial charge in [0.2, 0.25) is 0 Å². The van der Waals surface area contributed by atoms with Crippen LogP contribution in [0.15, 0.2) is 4.99 Å². The van der Waals surface area contributed by atoms with Gasteiger partial charge in [-0.2, -0.15) is 0 Å². The Morgan fingerprint density at radius 1 is 1.23 bits per heavy atom. The molecule has 0 amide bonds. The summed E-state index contributed by atoms with van der Waals surface area (Å²) < 4.78 is 0. The van der Waals surface area contributed by atoms with Crippen molar-refractivity contribution in [2.75, 3.05) is 0 Å². The molecule has 0 spiro atoms. The fourth-order valence-electron chi connectivity index (χ4n) is 1.43. The summed E-state index contributed by atoms with van der Waals surface area (Å²) in [6.07, 6.45) is 2.92. The quantitative estimate of drug-likeness (QED) is 0.604. The minimum Gasteiger partial charge on any atom is -0.252 e.